The van der Waals surface area contributed by atoms with Gasteiger partial charge in [-0.15, -0.1) is 0 Å². The molecule has 0 saturated carbocycles. The van der Waals surface area contributed by atoms with Gasteiger partial charge >= 0.3 is 0 Å². The highest BCUT2D eigenvalue weighted by molar-refractivity contribution is 6.07. The van der Waals surface area contributed by atoms with Gasteiger partial charge in [-0.1, -0.05) is 0 Å². The van der Waals surface area contributed by atoms with Crippen molar-refractivity contribution >= 4 is 22.5 Å². The van der Waals surface area contributed by atoms with E-state index in [-0.39, 0.29) is 28.9 Å². The van der Waals surface area contributed by atoms with Crippen LogP contribution in [0.25, 0.3) is 16.6 Å². The molecule has 0 saturated heterocycles. The number of carbonyl (C=O) groups excluding carboxylic acids is 1. The van der Waals surface area contributed by atoms with Gasteiger partial charge in [0.25, 0.3) is 5.91 Å². The average molecular weight is 494 g/mol. The number of hydrogen-bond acceptors (Lipinski definition) is 5. The number of halogens is 2. The van der Waals surface area contributed by atoms with E-state index in [4.69, 9.17) is 9.47 Å². The third-order valence-electron chi connectivity index (χ3n) is 5.63. The van der Waals surface area contributed by atoms with Crippen LogP contribution in [0.15, 0.2) is 65.6 Å². The van der Waals surface area contributed by atoms with Crippen molar-refractivity contribution in [2.45, 2.75) is 13.8 Å². The maximum atomic E-state index is 13.9. The molecule has 0 aliphatic carbocycles. The largest absolute Gasteiger partial charge is 0.508 e. The van der Waals surface area contributed by atoms with Gasteiger partial charge < -0.3 is 24.0 Å². The minimum atomic E-state index is -0.845. The zero-order chi connectivity index (χ0) is 26.0. The molecule has 7 nitrogen and oxygen atoms in total. The van der Waals surface area contributed by atoms with Crippen LogP contribution in [0.2, 0.25) is 0 Å². The van der Waals surface area contributed by atoms with Crippen LogP contribution in [-0.4, -0.2) is 35.8 Å². The Morgan fingerprint density at radius 3 is 2.33 bits per heavy atom. The standard InChI is InChI=1S/C27H24F2N2O5/c1-4-30(18-9-16(28)8-17(29)10-18)27(34)24-15-31(25-13-20(32)6-7-23(25)26(24)33)19-11-21(35-3)14-22(12-19)36-5-2/h6-15,32H,4-5H2,1-3H3. The molecule has 0 aliphatic rings. The number of methoxy groups -OCH3 is 1. The number of carbonyl (C=O) groups is 1. The van der Waals surface area contributed by atoms with Crippen LogP contribution in [0, 0.1) is 11.6 Å². The Morgan fingerprint density at radius 2 is 1.69 bits per heavy atom. The van der Waals surface area contributed by atoms with Crippen molar-refractivity contribution in [1.82, 2.24) is 4.57 Å². The smallest absolute Gasteiger partial charge is 0.263 e. The second-order valence-electron chi connectivity index (χ2n) is 7.92. The van der Waals surface area contributed by atoms with Gasteiger partial charge in [0.15, 0.2) is 0 Å². The Balaban J connectivity index is 1.97. The number of amides is 1. The average Bonchev–Trinajstić information content (AvgIpc) is 2.84. The van der Waals surface area contributed by atoms with Crippen molar-refractivity contribution < 1.29 is 28.2 Å². The molecule has 0 radical (unpaired) electrons. The maximum absolute atomic E-state index is 13.9. The summed E-state index contributed by atoms with van der Waals surface area (Å²) < 4.78 is 40.3. The normalized spacial score (nSPS) is 10.9. The van der Waals surface area contributed by atoms with E-state index in [1.165, 1.54) is 31.5 Å². The fraction of sp³-hybridized carbons (Fsp3) is 0.185. The monoisotopic (exact) mass is 494 g/mol. The number of aromatic hydroxyl groups is 1. The minimum Gasteiger partial charge on any atom is -0.508 e. The number of benzene rings is 3. The number of rotatable bonds is 7. The van der Waals surface area contributed by atoms with E-state index in [1.54, 1.807) is 29.7 Å². The van der Waals surface area contributed by atoms with E-state index in [1.807, 2.05) is 6.92 Å². The third kappa shape index (κ3) is 4.72. The second kappa shape index (κ2) is 10.1. The Kier molecular flexibility index (Phi) is 6.91. The molecule has 1 heterocycles. The molecule has 0 aliphatic heterocycles. The Bertz CT molecular complexity index is 1500. The quantitative estimate of drug-likeness (QED) is 0.389. The zero-order valence-corrected chi connectivity index (χ0v) is 19.9. The highest BCUT2D eigenvalue weighted by Crippen LogP contribution is 2.29. The van der Waals surface area contributed by atoms with Crippen LogP contribution in [0.5, 0.6) is 17.2 Å². The Morgan fingerprint density at radius 1 is 1.00 bits per heavy atom. The topological polar surface area (TPSA) is 81.0 Å². The van der Waals surface area contributed by atoms with Gasteiger partial charge in [0.2, 0.25) is 5.43 Å². The molecule has 0 bridgehead atoms. The van der Waals surface area contributed by atoms with Crippen molar-refractivity contribution in [3.63, 3.8) is 0 Å². The number of fused-ring (bicyclic) bond motifs is 1. The van der Waals surface area contributed by atoms with Crippen molar-refractivity contribution in [2.75, 3.05) is 25.2 Å². The summed E-state index contributed by atoms with van der Waals surface area (Å²) in [6.07, 6.45) is 1.34. The molecule has 0 fully saturated rings. The van der Waals surface area contributed by atoms with E-state index in [2.05, 4.69) is 0 Å². The van der Waals surface area contributed by atoms with E-state index in [9.17, 15) is 23.5 Å². The molecule has 3 aromatic carbocycles. The number of phenols is 1. The summed E-state index contributed by atoms with van der Waals surface area (Å²) in [5, 5.41) is 10.3. The van der Waals surface area contributed by atoms with Crippen LogP contribution in [-0.2, 0) is 0 Å². The summed E-state index contributed by atoms with van der Waals surface area (Å²) in [7, 11) is 1.50. The summed E-state index contributed by atoms with van der Waals surface area (Å²) in [5.41, 5.74) is 0.0150. The number of phenolic OH excluding ortho intramolecular Hbond substituents is 1. The van der Waals surface area contributed by atoms with Crippen LogP contribution < -0.4 is 19.8 Å². The summed E-state index contributed by atoms with van der Waals surface area (Å²) in [5.74, 6) is -1.53. The molecule has 9 heteroatoms. The van der Waals surface area contributed by atoms with Crippen molar-refractivity contribution in [1.29, 1.82) is 0 Å². The van der Waals surface area contributed by atoms with Crippen LogP contribution in [0.4, 0.5) is 14.5 Å². The van der Waals surface area contributed by atoms with Gasteiger partial charge in [0.05, 0.1) is 24.9 Å². The number of ether oxygens (including phenoxy) is 2. The lowest BCUT2D eigenvalue weighted by Gasteiger charge is -2.22. The number of aromatic nitrogens is 1. The molecule has 36 heavy (non-hydrogen) atoms. The van der Waals surface area contributed by atoms with E-state index >= 15 is 0 Å². The lowest BCUT2D eigenvalue weighted by atomic mass is 10.1. The second-order valence-corrected chi connectivity index (χ2v) is 7.92. The van der Waals surface area contributed by atoms with E-state index in [0.717, 1.165) is 17.0 Å². The van der Waals surface area contributed by atoms with E-state index < -0.39 is 23.0 Å². The number of pyridine rings is 1. The predicted octanol–water partition coefficient (Wildman–Crippen LogP) is 5.05. The van der Waals surface area contributed by atoms with Crippen LogP contribution in [0.1, 0.15) is 24.2 Å². The SMILES string of the molecule is CCOc1cc(OC)cc(-n2cc(C(=O)N(CC)c3cc(F)cc(F)c3)c(=O)c3ccc(O)cc32)c1. The fourth-order valence-corrected chi connectivity index (χ4v) is 4.03. The Labute approximate surface area is 205 Å². The van der Waals surface area contributed by atoms with Gasteiger partial charge in [-0.2, -0.15) is 0 Å². The number of nitrogens with zero attached hydrogens (tertiary/aromatic N) is 2. The predicted molar refractivity (Wildman–Crippen MR) is 133 cm³/mol. The molecule has 0 unspecified atom stereocenters. The zero-order valence-electron chi connectivity index (χ0n) is 19.9. The van der Waals surface area contributed by atoms with Crippen molar-refractivity contribution in [3.05, 3.63) is 88.2 Å². The minimum absolute atomic E-state index is 0.0169. The summed E-state index contributed by atoms with van der Waals surface area (Å²) in [6, 6.07) is 12.0. The van der Waals surface area contributed by atoms with Crippen molar-refractivity contribution in [3.8, 4) is 22.9 Å². The summed E-state index contributed by atoms with van der Waals surface area (Å²) in [4.78, 5) is 28.1. The first kappa shape index (κ1) is 24.7. The fourth-order valence-electron chi connectivity index (χ4n) is 4.03. The molecule has 0 spiro atoms. The Hall–Kier alpha value is -4.40. The van der Waals surface area contributed by atoms with Crippen LogP contribution in [0.3, 0.4) is 0 Å². The third-order valence-corrected chi connectivity index (χ3v) is 5.63. The molecule has 1 aromatic heterocycles. The molecule has 4 aromatic rings. The molecular formula is C27H24F2N2O5. The molecule has 4 rings (SSSR count). The molecular weight excluding hydrogens is 470 g/mol. The number of anilines is 1. The first-order valence-corrected chi connectivity index (χ1v) is 11.2. The highest BCUT2D eigenvalue weighted by Gasteiger charge is 2.23. The summed E-state index contributed by atoms with van der Waals surface area (Å²) in [6.45, 7) is 3.92. The lowest BCUT2D eigenvalue weighted by Crippen LogP contribution is -2.35. The first-order chi connectivity index (χ1) is 17.2. The van der Waals surface area contributed by atoms with Crippen molar-refractivity contribution in [2.24, 2.45) is 0 Å². The highest BCUT2D eigenvalue weighted by atomic mass is 19.1. The lowest BCUT2D eigenvalue weighted by molar-refractivity contribution is 0.0987. The van der Waals surface area contributed by atoms with Gasteiger partial charge in [0, 0.05) is 54.1 Å². The van der Waals surface area contributed by atoms with Gasteiger partial charge in [-0.05, 0) is 38.1 Å². The molecule has 1 N–H and O–H groups in total. The van der Waals surface area contributed by atoms with Gasteiger partial charge in [0.1, 0.15) is 34.4 Å². The van der Waals surface area contributed by atoms with E-state index in [0.29, 0.717) is 35.4 Å². The van der Waals surface area contributed by atoms with Crippen LogP contribution >= 0.6 is 0 Å². The van der Waals surface area contributed by atoms with Gasteiger partial charge in [-0.3, -0.25) is 9.59 Å². The molecule has 0 atom stereocenters. The van der Waals surface area contributed by atoms with Gasteiger partial charge in [-0.25, -0.2) is 8.78 Å². The first-order valence-electron chi connectivity index (χ1n) is 11.2. The number of hydrogen-bond donors (Lipinski definition) is 1. The maximum Gasteiger partial charge on any atom is 0.263 e. The molecule has 186 valence electrons. The summed E-state index contributed by atoms with van der Waals surface area (Å²) >= 11 is 0. The molecule has 1 amide bonds.